The largest absolute Gasteiger partial charge is 0.454 e. The lowest BCUT2D eigenvalue weighted by Crippen LogP contribution is -2.31. The van der Waals surface area contributed by atoms with Crippen LogP contribution in [0.2, 0.25) is 5.02 Å². The van der Waals surface area contributed by atoms with Gasteiger partial charge in [0.05, 0.1) is 39.3 Å². The number of anilines is 1. The summed E-state index contributed by atoms with van der Waals surface area (Å²) in [6, 6.07) is 20.7. The predicted molar refractivity (Wildman–Crippen MR) is 160 cm³/mol. The van der Waals surface area contributed by atoms with Crippen LogP contribution in [-0.2, 0) is 14.3 Å². The molecule has 2 aliphatic rings. The molecule has 0 N–H and O–H groups in total. The Morgan fingerprint density at radius 3 is 2.45 bits per heavy atom. The number of amides is 2. The van der Waals surface area contributed by atoms with Gasteiger partial charge in [-0.1, -0.05) is 84.8 Å². The number of allylic oxidation sites excluding steroid dienone is 2. The van der Waals surface area contributed by atoms with Crippen molar-refractivity contribution in [3.63, 3.8) is 0 Å². The van der Waals surface area contributed by atoms with Gasteiger partial charge in [0.15, 0.2) is 12.4 Å². The number of esters is 1. The van der Waals surface area contributed by atoms with E-state index in [0.717, 1.165) is 5.56 Å². The third-order valence-corrected chi connectivity index (χ3v) is 8.32. The number of carbonyl (C=O) groups excluding carboxylic acids is 4. The Labute approximate surface area is 247 Å². The third kappa shape index (κ3) is 4.90. The second-order valence-corrected chi connectivity index (χ2v) is 11.2. The van der Waals surface area contributed by atoms with Crippen LogP contribution in [-0.4, -0.2) is 35.2 Å². The van der Waals surface area contributed by atoms with E-state index in [1.165, 1.54) is 4.90 Å². The van der Waals surface area contributed by atoms with Crippen molar-refractivity contribution in [1.82, 2.24) is 4.98 Å². The molecule has 210 valence electrons. The molecule has 0 saturated carbocycles. The number of nitrogens with zero attached hydrogens (tertiary/aromatic N) is 2. The zero-order chi connectivity index (χ0) is 29.5. The molecule has 0 spiro atoms. The number of halogens is 1. The van der Waals surface area contributed by atoms with E-state index >= 15 is 0 Å². The van der Waals surface area contributed by atoms with Crippen molar-refractivity contribution in [1.29, 1.82) is 0 Å². The van der Waals surface area contributed by atoms with Gasteiger partial charge in [-0.25, -0.2) is 9.78 Å². The predicted octanol–water partition coefficient (Wildman–Crippen LogP) is 6.60. The highest BCUT2D eigenvalue weighted by atomic mass is 35.5. The van der Waals surface area contributed by atoms with Crippen LogP contribution in [0.4, 0.5) is 5.69 Å². The molecule has 3 aromatic carbocycles. The summed E-state index contributed by atoms with van der Waals surface area (Å²) in [5.41, 5.74) is 3.69. The van der Waals surface area contributed by atoms with E-state index in [0.29, 0.717) is 44.9 Å². The molecule has 3 atom stereocenters. The van der Waals surface area contributed by atoms with Crippen LogP contribution in [0.3, 0.4) is 0 Å². The number of aromatic nitrogens is 1. The average molecular weight is 579 g/mol. The molecule has 0 radical (unpaired) electrons. The fraction of sp³-hybridized carbons (Fsp3) is 0.206. The quantitative estimate of drug-likeness (QED) is 0.111. The number of fused-ring (bicyclic) bond motifs is 2. The van der Waals surface area contributed by atoms with Crippen LogP contribution in [0.1, 0.15) is 39.6 Å². The van der Waals surface area contributed by atoms with E-state index < -0.39 is 12.6 Å². The molecule has 1 saturated heterocycles. The first-order chi connectivity index (χ1) is 20.2. The van der Waals surface area contributed by atoms with Crippen molar-refractivity contribution in [2.45, 2.75) is 20.3 Å². The molecule has 8 heteroatoms. The Morgan fingerprint density at radius 2 is 1.74 bits per heavy atom. The number of carbonyl (C=O) groups is 4. The number of ketones is 1. The van der Waals surface area contributed by atoms with E-state index in [1.54, 1.807) is 60.7 Å². The van der Waals surface area contributed by atoms with E-state index in [1.807, 2.05) is 38.1 Å². The topological polar surface area (TPSA) is 93.6 Å². The van der Waals surface area contributed by atoms with Crippen molar-refractivity contribution in [3.8, 4) is 11.3 Å². The number of para-hydroxylation sites is 1. The fourth-order valence-electron chi connectivity index (χ4n) is 5.75. The summed E-state index contributed by atoms with van der Waals surface area (Å²) >= 11 is 6.47. The lowest BCUT2D eigenvalue weighted by atomic mass is 9.78. The van der Waals surface area contributed by atoms with Crippen LogP contribution < -0.4 is 4.90 Å². The second-order valence-electron chi connectivity index (χ2n) is 10.8. The SMILES string of the molecule is Cc1ccc(C(=O)COC(=O)c2cc(-c3ccc(N4C(=O)C5CC=CC(C)C5C4=O)cc3)nc3c(Cl)cccc23)cc1. The number of ether oxygens (including phenoxy) is 1. The van der Waals surface area contributed by atoms with Crippen LogP contribution >= 0.6 is 11.6 Å². The molecule has 1 aliphatic heterocycles. The molecule has 2 heterocycles. The first-order valence-electron chi connectivity index (χ1n) is 13.7. The number of rotatable bonds is 6. The Bertz CT molecular complexity index is 1780. The molecule has 7 nitrogen and oxygen atoms in total. The van der Waals surface area contributed by atoms with Crippen molar-refractivity contribution in [2.75, 3.05) is 11.5 Å². The van der Waals surface area contributed by atoms with Crippen molar-refractivity contribution in [3.05, 3.63) is 107 Å². The number of hydrogen-bond donors (Lipinski definition) is 0. The maximum atomic E-state index is 13.3. The minimum Gasteiger partial charge on any atom is -0.454 e. The summed E-state index contributed by atoms with van der Waals surface area (Å²) in [4.78, 5) is 58.2. The van der Waals surface area contributed by atoms with Gasteiger partial charge in [-0.15, -0.1) is 0 Å². The molecule has 42 heavy (non-hydrogen) atoms. The van der Waals surface area contributed by atoms with Crippen molar-refractivity contribution >= 4 is 51.8 Å². The van der Waals surface area contributed by atoms with Crippen molar-refractivity contribution < 1.29 is 23.9 Å². The summed E-state index contributed by atoms with van der Waals surface area (Å²) in [6.45, 7) is 3.47. The number of aryl methyl sites for hydroxylation is 1. The van der Waals surface area contributed by atoms with Crippen LogP contribution in [0, 0.1) is 24.7 Å². The minimum atomic E-state index is -0.679. The van der Waals surface area contributed by atoms with Gasteiger partial charge >= 0.3 is 5.97 Å². The normalized spacial score (nSPS) is 19.7. The monoisotopic (exact) mass is 578 g/mol. The van der Waals surface area contributed by atoms with Gasteiger partial charge in [-0.3, -0.25) is 19.3 Å². The van der Waals surface area contributed by atoms with Gasteiger partial charge in [0.1, 0.15) is 0 Å². The first-order valence-corrected chi connectivity index (χ1v) is 14.1. The molecule has 6 rings (SSSR count). The van der Waals surface area contributed by atoms with Gasteiger partial charge in [0.25, 0.3) is 0 Å². The number of pyridine rings is 1. The number of imide groups is 1. The smallest absolute Gasteiger partial charge is 0.339 e. The van der Waals surface area contributed by atoms with Crippen LogP contribution in [0.15, 0.2) is 84.9 Å². The minimum absolute atomic E-state index is 0.00128. The zero-order valence-electron chi connectivity index (χ0n) is 23.0. The molecule has 1 aromatic heterocycles. The first kappa shape index (κ1) is 27.5. The van der Waals surface area contributed by atoms with Crippen molar-refractivity contribution in [2.24, 2.45) is 17.8 Å². The molecule has 1 aliphatic carbocycles. The lowest BCUT2D eigenvalue weighted by Gasteiger charge is -2.22. The van der Waals surface area contributed by atoms with Crippen LogP contribution in [0.5, 0.6) is 0 Å². The second kappa shape index (κ2) is 11.0. The number of Topliss-reactive ketones (excluding diaryl/α,β-unsaturated/α-hetero) is 1. The van der Waals surface area contributed by atoms with Gasteiger partial charge < -0.3 is 4.74 Å². The zero-order valence-corrected chi connectivity index (χ0v) is 23.8. The maximum absolute atomic E-state index is 13.3. The molecular weight excluding hydrogens is 552 g/mol. The van der Waals surface area contributed by atoms with Gasteiger partial charge in [-0.2, -0.15) is 0 Å². The summed E-state index contributed by atoms with van der Waals surface area (Å²) in [5.74, 6) is -2.05. The highest BCUT2D eigenvalue weighted by molar-refractivity contribution is 6.35. The van der Waals surface area contributed by atoms with E-state index in [9.17, 15) is 19.2 Å². The molecule has 0 bridgehead atoms. The Hall–Kier alpha value is -4.62. The van der Waals surface area contributed by atoms with E-state index in [2.05, 4.69) is 0 Å². The van der Waals surface area contributed by atoms with E-state index in [4.69, 9.17) is 21.3 Å². The molecule has 3 unspecified atom stereocenters. The van der Waals surface area contributed by atoms with Gasteiger partial charge in [0, 0.05) is 16.5 Å². The molecule has 1 fully saturated rings. The maximum Gasteiger partial charge on any atom is 0.339 e. The lowest BCUT2D eigenvalue weighted by molar-refractivity contribution is -0.122. The van der Waals surface area contributed by atoms with E-state index in [-0.39, 0.29) is 40.9 Å². The standard InChI is InChI=1S/C34H27ClN2O5/c1-19-9-11-22(12-10-19)29(38)18-42-34(41)26-17-28(36-31-24(26)6-4-8-27(31)35)21-13-15-23(16-14-21)37-32(39)25-7-3-5-20(2)30(25)33(37)40/h3-6,8-17,20,25,30H,7,18H2,1-2H3. The summed E-state index contributed by atoms with van der Waals surface area (Å²) in [5, 5.41) is 0.851. The summed E-state index contributed by atoms with van der Waals surface area (Å²) < 4.78 is 5.43. The molecule has 4 aromatic rings. The van der Waals surface area contributed by atoms with Gasteiger partial charge in [0.2, 0.25) is 11.8 Å². The number of hydrogen-bond acceptors (Lipinski definition) is 6. The summed E-state index contributed by atoms with van der Waals surface area (Å²) in [6.07, 6.45) is 4.53. The Morgan fingerprint density at radius 1 is 1.00 bits per heavy atom. The fourth-order valence-corrected chi connectivity index (χ4v) is 5.96. The van der Waals surface area contributed by atoms with Gasteiger partial charge in [-0.05, 0) is 43.5 Å². The summed E-state index contributed by atoms with van der Waals surface area (Å²) in [7, 11) is 0. The molecular formula is C34H27ClN2O5. The average Bonchev–Trinajstić information content (AvgIpc) is 3.26. The molecule has 2 amide bonds. The highest BCUT2D eigenvalue weighted by Crippen LogP contribution is 2.41. The third-order valence-electron chi connectivity index (χ3n) is 8.01. The highest BCUT2D eigenvalue weighted by Gasteiger charge is 2.50. The number of benzene rings is 3. The van der Waals surface area contributed by atoms with Crippen LogP contribution in [0.25, 0.3) is 22.2 Å². The Kier molecular flexibility index (Phi) is 7.21. The Balaban J connectivity index is 1.29.